The molecule has 0 aliphatic carbocycles. The molecule has 0 heterocycles. The Hall–Kier alpha value is 2.16. The van der Waals surface area contributed by atoms with Crippen LogP contribution >= 0.6 is 0 Å². The molecule has 0 aromatic carbocycles. The van der Waals surface area contributed by atoms with E-state index in [9.17, 15) is 0 Å². The summed E-state index contributed by atoms with van der Waals surface area (Å²) in [6.45, 7) is 0. The van der Waals surface area contributed by atoms with E-state index >= 15 is 0 Å². The van der Waals surface area contributed by atoms with Gasteiger partial charge in [0.1, 0.15) is 0 Å². The molecule has 0 aliphatic heterocycles. The molecule has 0 saturated carbocycles. The molecule has 0 amide bonds. The van der Waals surface area contributed by atoms with Crippen LogP contribution < -0.4 is 0 Å². The average Bonchev–Trinajstić information content (AvgIpc) is 0. The van der Waals surface area contributed by atoms with Gasteiger partial charge in [0.2, 0.25) is 0 Å². The Bertz CT molecular complexity index is 8.00. The quantitative estimate of drug-likeness (QED) is 0.471. The fourth-order valence-electron chi connectivity index (χ4n) is 0. The van der Waals surface area contributed by atoms with Crippen molar-refractivity contribution in [3.8, 4) is 0 Å². The second-order valence-electron chi connectivity index (χ2n) is 0. The number of hydrogen-bond acceptors (Lipinski definition) is 0. The van der Waals surface area contributed by atoms with Gasteiger partial charge >= 0.3 is 19.8 Å². The zero-order chi connectivity index (χ0) is 0. The summed E-state index contributed by atoms with van der Waals surface area (Å²) in [6.07, 6.45) is 0. The summed E-state index contributed by atoms with van der Waals surface area (Å²) in [5, 5.41) is 0. The second kappa shape index (κ2) is 19.2. The zero-order valence-corrected chi connectivity index (χ0v) is 4.14. The largest absolute Gasteiger partial charge is 0 e. The van der Waals surface area contributed by atoms with Crippen LogP contribution in [0.4, 0.5) is 0 Å². The molecule has 0 fully saturated rings. The molecule has 0 bridgehead atoms. The third-order valence-corrected chi connectivity index (χ3v) is 0. The Balaban J connectivity index is 0. The van der Waals surface area contributed by atoms with E-state index in [1.54, 1.807) is 0 Å². The van der Waals surface area contributed by atoms with E-state index in [0.717, 1.165) is 0 Å². The smallest absolute Gasteiger partial charge is 0 e. The summed E-state index contributed by atoms with van der Waals surface area (Å²) >= 11 is 0. The predicted octanol–water partition coefficient (Wildman–Crippen LogP) is -1.19. The van der Waals surface area contributed by atoms with Gasteiger partial charge in [0.05, 0.1) is 0 Å². The molecule has 0 saturated heterocycles. The van der Waals surface area contributed by atoms with E-state index in [4.69, 9.17) is 0 Å². The van der Waals surface area contributed by atoms with Crippen LogP contribution in [0.5, 0.6) is 0 Å². The molecule has 4 heteroatoms. The van der Waals surface area contributed by atoms with Crippen molar-refractivity contribution in [3.63, 3.8) is 0 Å². The molecule has 33 valence electrons. The van der Waals surface area contributed by atoms with Crippen LogP contribution in [0.15, 0.2) is 0 Å². The van der Waals surface area contributed by atoms with Gasteiger partial charge in [-0.3, -0.25) is 0 Å². The molecule has 1 radical (unpaired) electrons. The van der Waals surface area contributed by atoms with E-state index in [0.29, 0.717) is 0 Å². The van der Waals surface area contributed by atoms with Crippen LogP contribution in [0.1, 0.15) is 0 Å². The van der Waals surface area contributed by atoms with Crippen LogP contribution in [0.3, 0.4) is 0 Å². The van der Waals surface area contributed by atoms with Crippen molar-refractivity contribution < 1.29 is 50.3 Å². The Kier molecular flexibility index (Phi) is 169. The SMILES string of the molecule is [Co].[Fe].[GaH3].[Ni]. The van der Waals surface area contributed by atoms with Gasteiger partial charge in [0.15, 0.2) is 0 Å². The van der Waals surface area contributed by atoms with E-state index < -0.39 is 0 Å². The van der Waals surface area contributed by atoms with Gasteiger partial charge < -0.3 is 0 Å². The van der Waals surface area contributed by atoms with E-state index in [2.05, 4.69) is 0 Å². The second-order valence-corrected chi connectivity index (χ2v) is 0. The normalized spacial score (nSPS) is 0. The van der Waals surface area contributed by atoms with E-state index in [1.165, 1.54) is 0 Å². The Morgan fingerprint density at radius 2 is 1.00 bits per heavy atom. The first-order chi connectivity index (χ1) is 0. The van der Waals surface area contributed by atoms with Crippen LogP contribution in [0, 0.1) is 0 Å². The third kappa shape index (κ3) is 8.91. The third-order valence-electron chi connectivity index (χ3n) is 0. The molecule has 0 aromatic heterocycles. The summed E-state index contributed by atoms with van der Waals surface area (Å²) in [5.74, 6) is 0. The first-order valence-electron chi connectivity index (χ1n) is 0. The Labute approximate surface area is 69.5 Å². The molecule has 0 atom stereocenters. The molecule has 0 N–H and O–H groups in total. The summed E-state index contributed by atoms with van der Waals surface area (Å²) in [4.78, 5) is 0. The molecule has 0 aliphatic rings. The summed E-state index contributed by atoms with van der Waals surface area (Å²) in [6, 6.07) is 0. The predicted molar refractivity (Wildman–Crippen MR) is 9.94 cm³/mol. The standard InChI is InChI=1S/Co.Fe.Ga.Ni.3H. The molecular formula is H3CoFeGaNi. The molecule has 4 heavy (non-hydrogen) atoms. The van der Waals surface area contributed by atoms with Crippen molar-refractivity contribution in [1.29, 1.82) is 0 Å². The molecule has 0 aromatic rings. The monoisotopic (exact) mass is 245 g/mol. The van der Waals surface area contributed by atoms with Crippen molar-refractivity contribution in [2.45, 2.75) is 0 Å². The summed E-state index contributed by atoms with van der Waals surface area (Å²) in [5.41, 5.74) is 0. The first-order valence-corrected chi connectivity index (χ1v) is 0. The summed E-state index contributed by atoms with van der Waals surface area (Å²) < 4.78 is 0. The van der Waals surface area contributed by atoms with E-state index in [1.807, 2.05) is 0 Å². The van der Waals surface area contributed by atoms with Crippen LogP contribution in [-0.4, -0.2) is 19.8 Å². The first kappa shape index (κ1) is 35.2. The minimum atomic E-state index is 0. The maximum atomic E-state index is 0. The molecule has 0 spiro atoms. The van der Waals surface area contributed by atoms with Crippen LogP contribution in [0.25, 0.3) is 0 Å². The van der Waals surface area contributed by atoms with Crippen molar-refractivity contribution in [2.75, 3.05) is 0 Å². The van der Waals surface area contributed by atoms with Gasteiger partial charge in [-0.1, -0.05) is 0 Å². The maximum Gasteiger partial charge on any atom is 0 e. The van der Waals surface area contributed by atoms with Crippen molar-refractivity contribution >= 4 is 19.8 Å². The maximum absolute atomic E-state index is 0. The molecular weight excluding hydrogens is 243 g/mol. The Morgan fingerprint density at radius 1 is 1.00 bits per heavy atom. The molecule has 0 nitrogen and oxygen atoms in total. The summed E-state index contributed by atoms with van der Waals surface area (Å²) in [7, 11) is 0. The Morgan fingerprint density at radius 3 is 1.00 bits per heavy atom. The van der Waals surface area contributed by atoms with E-state index in [-0.39, 0.29) is 70.1 Å². The van der Waals surface area contributed by atoms with Gasteiger partial charge in [-0.15, -0.1) is 0 Å². The fourth-order valence-corrected chi connectivity index (χ4v) is 0. The molecule has 0 unspecified atom stereocenters. The van der Waals surface area contributed by atoms with Gasteiger partial charge in [-0.05, 0) is 0 Å². The zero-order valence-electron chi connectivity index (χ0n) is 1.00. The van der Waals surface area contributed by atoms with Crippen molar-refractivity contribution in [3.05, 3.63) is 0 Å². The topological polar surface area (TPSA) is 0 Å². The van der Waals surface area contributed by atoms with Gasteiger partial charge in [0, 0.05) is 50.3 Å². The number of hydrogen-bond donors (Lipinski definition) is 0. The number of rotatable bonds is 0. The van der Waals surface area contributed by atoms with Gasteiger partial charge in [-0.2, -0.15) is 0 Å². The van der Waals surface area contributed by atoms with Crippen molar-refractivity contribution in [1.82, 2.24) is 0 Å². The van der Waals surface area contributed by atoms with Gasteiger partial charge in [0.25, 0.3) is 0 Å². The fraction of sp³-hybridized carbons (Fsp3) is 0. The van der Waals surface area contributed by atoms with Crippen LogP contribution in [0.2, 0.25) is 0 Å². The van der Waals surface area contributed by atoms with Gasteiger partial charge in [-0.25, -0.2) is 0 Å². The molecule has 0 rings (SSSR count). The van der Waals surface area contributed by atoms with Crippen LogP contribution in [-0.2, 0) is 50.3 Å². The minimum Gasteiger partial charge on any atom is 0 e. The minimum absolute atomic E-state index is 0. The average molecular weight is 246 g/mol. The van der Waals surface area contributed by atoms with Crippen molar-refractivity contribution in [2.24, 2.45) is 0 Å².